The maximum absolute atomic E-state index is 14.3. The van der Waals surface area contributed by atoms with Crippen LogP contribution in [0, 0.1) is 12.7 Å². The molecule has 1 saturated heterocycles. The van der Waals surface area contributed by atoms with E-state index in [1.54, 1.807) is 29.5 Å². The van der Waals surface area contributed by atoms with E-state index in [-0.39, 0.29) is 11.7 Å². The van der Waals surface area contributed by atoms with Crippen molar-refractivity contribution < 1.29 is 13.9 Å². The fourth-order valence-corrected chi connectivity index (χ4v) is 3.72. The topological polar surface area (TPSA) is 41.6 Å². The Hall–Kier alpha value is -1.76. The molecule has 4 nitrogen and oxygen atoms in total. The van der Waals surface area contributed by atoms with E-state index < -0.39 is 6.04 Å². The molecule has 1 atom stereocenters. The van der Waals surface area contributed by atoms with Crippen LogP contribution in [-0.2, 0) is 16.1 Å². The second-order valence-electron chi connectivity index (χ2n) is 5.80. The van der Waals surface area contributed by atoms with Crippen LogP contribution in [-0.4, -0.2) is 37.1 Å². The highest BCUT2D eigenvalue weighted by atomic mass is 32.1. The second kappa shape index (κ2) is 7.88. The Bertz CT molecular complexity index is 698. The summed E-state index contributed by atoms with van der Waals surface area (Å²) in [7, 11) is 0. The first kappa shape index (κ1) is 17.1. The Labute approximate surface area is 145 Å². The molecule has 1 aliphatic heterocycles. The van der Waals surface area contributed by atoms with Gasteiger partial charge in [0.05, 0.1) is 19.8 Å². The third-order valence-corrected chi connectivity index (χ3v) is 5.09. The first-order chi connectivity index (χ1) is 11.6. The highest BCUT2D eigenvalue weighted by Gasteiger charge is 2.30. The van der Waals surface area contributed by atoms with Crippen molar-refractivity contribution in [3.8, 4) is 0 Å². The zero-order chi connectivity index (χ0) is 16.9. The predicted molar refractivity (Wildman–Crippen MR) is 92.4 cm³/mol. The summed E-state index contributed by atoms with van der Waals surface area (Å²) in [6, 6.07) is 9.90. The molecule has 24 heavy (non-hydrogen) atoms. The number of ether oxygens (including phenoxy) is 1. The van der Waals surface area contributed by atoms with Crippen molar-refractivity contribution in [3.63, 3.8) is 0 Å². The van der Waals surface area contributed by atoms with Gasteiger partial charge in [-0.3, -0.25) is 9.69 Å². The van der Waals surface area contributed by atoms with Crippen molar-refractivity contribution in [1.82, 2.24) is 10.2 Å². The summed E-state index contributed by atoms with van der Waals surface area (Å²) in [5.74, 6) is -0.524. The van der Waals surface area contributed by atoms with E-state index in [0.29, 0.717) is 38.4 Å². The third kappa shape index (κ3) is 4.01. The van der Waals surface area contributed by atoms with E-state index in [0.717, 1.165) is 4.88 Å². The third-order valence-electron chi connectivity index (χ3n) is 4.09. The largest absolute Gasteiger partial charge is 0.379 e. The van der Waals surface area contributed by atoms with E-state index in [4.69, 9.17) is 4.74 Å². The quantitative estimate of drug-likeness (QED) is 0.903. The van der Waals surface area contributed by atoms with Crippen LogP contribution in [0.25, 0.3) is 0 Å². The Morgan fingerprint density at radius 2 is 2.04 bits per heavy atom. The molecule has 0 radical (unpaired) electrons. The van der Waals surface area contributed by atoms with Crippen molar-refractivity contribution in [2.75, 3.05) is 26.3 Å². The van der Waals surface area contributed by atoms with Gasteiger partial charge in [0.1, 0.15) is 11.9 Å². The summed E-state index contributed by atoms with van der Waals surface area (Å²) < 4.78 is 19.6. The maximum atomic E-state index is 14.3. The van der Waals surface area contributed by atoms with Crippen LogP contribution in [0.2, 0.25) is 0 Å². The van der Waals surface area contributed by atoms with Gasteiger partial charge in [-0.25, -0.2) is 4.39 Å². The van der Waals surface area contributed by atoms with Crippen LogP contribution in [0.5, 0.6) is 0 Å². The van der Waals surface area contributed by atoms with E-state index in [1.165, 1.54) is 10.9 Å². The number of carbonyl (C=O) groups excluding carboxylic acids is 1. The Morgan fingerprint density at radius 3 is 2.71 bits per heavy atom. The fourth-order valence-electron chi connectivity index (χ4n) is 2.89. The lowest BCUT2D eigenvalue weighted by Crippen LogP contribution is -2.45. The number of nitrogens with zero attached hydrogens (tertiary/aromatic N) is 1. The lowest BCUT2D eigenvalue weighted by atomic mass is 10.0. The van der Waals surface area contributed by atoms with Gasteiger partial charge >= 0.3 is 0 Å². The number of hydrogen-bond donors (Lipinski definition) is 1. The van der Waals surface area contributed by atoms with Crippen molar-refractivity contribution in [2.24, 2.45) is 0 Å². The zero-order valence-corrected chi connectivity index (χ0v) is 14.4. The minimum absolute atomic E-state index is 0.173. The molecule has 3 rings (SSSR count). The van der Waals surface area contributed by atoms with Crippen LogP contribution in [0.4, 0.5) is 4.39 Å². The van der Waals surface area contributed by atoms with Crippen LogP contribution < -0.4 is 5.32 Å². The lowest BCUT2D eigenvalue weighted by molar-refractivity contribution is -0.128. The average molecular weight is 348 g/mol. The number of aryl methyl sites for hydroxylation is 1. The molecule has 1 amide bonds. The molecule has 1 aromatic heterocycles. The van der Waals surface area contributed by atoms with Crippen molar-refractivity contribution in [2.45, 2.75) is 19.5 Å². The molecular formula is C18H21FN2O2S. The SMILES string of the molecule is Cc1ccc(CNC(=O)[C@@H](c2ccccc2F)N2CCOCC2)s1. The number of benzene rings is 1. The smallest absolute Gasteiger partial charge is 0.242 e. The first-order valence-electron chi connectivity index (χ1n) is 8.04. The van der Waals surface area contributed by atoms with Gasteiger partial charge in [0.15, 0.2) is 0 Å². The average Bonchev–Trinajstić information content (AvgIpc) is 3.01. The number of morpholine rings is 1. The molecule has 0 spiro atoms. The molecule has 0 saturated carbocycles. The Balaban J connectivity index is 1.78. The molecule has 2 heterocycles. The summed E-state index contributed by atoms with van der Waals surface area (Å²) in [6.07, 6.45) is 0. The van der Waals surface area contributed by atoms with Gasteiger partial charge in [-0.05, 0) is 25.1 Å². The molecule has 128 valence electrons. The minimum atomic E-state index is -0.629. The number of thiophene rings is 1. The molecule has 2 aromatic rings. The predicted octanol–water partition coefficient (Wildman–Crippen LogP) is 2.89. The van der Waals surface area contributed by atoms with Crippen molar-refractivity contribution in [1.29, 1.82) is 0 Å². The van der Waals surface area contributed by atoms with Gasteiger partial charge in [0.25, 0.3) is 0 Å². The van der Waals surface area contributed by atoms with E-state index in [1.807, 2.05) is 24.0 Å². The standard InChI is InChI=1S/C18H21FN2O2S/c1-13-6-7-14(24-13)12-20-18(22)17(21-8-10-23-11-9-21)15-4-2-3-5-16(15)19/h2-7,17H,8-12H2,1H3,(H,20,22)/t17-/m1/s1. The highest BCUT2D eigenvalue weighted by molar-refractivity contribution is 7.11. The number of nitrogens with one attached hydrogen (secondary N) is 1. The molecule has 6 heteroatoms. The number of halogens is 1. The zero-order valence-electron chi connectivity index (χ0n) is 13.6. The van der Waals surface area contributed by atoms with E-state index in [2.05, 4.69) is 5.32 Å². The summed E-state index contributed by atoms with van der Waals surface area (Å²) in [5.41, 5.74) is 0.416. The Kier molecular flexibility index (Phi) is 5.60. The lowest BCUT2D eigenvalue weighted by Gasteiger charge is -2.33. The normalized spacial score (nSPS) is 16.8. The molecule has 1 aliphatic rings. The van der Waals surface area contributed by atoms with Crippen molar-refractivity contribution >= 4 is 17.2 Å². The summed E-state index contributed by atoms with van der Waals surface area (Å²) in [4.78, 5) is 17.1. The van der Waals surface area contributed by atoms with Gasteiger partial charge in [0, 0.05) is 28.4 Å². The van der Waals surface area contributed by atoms with Gasteiger partial charge in [-0.15, -0.1) is 11.3 Å². The number of carbonyl (C=O) groups is 1. The molecule has 0 bridgehead atoms. The molecule has 1 N–H and O–H groups in total. The van der Waals surface area contributed by atoms with Crippen LogP contribution in [0.3, 0.4) is 0 Å². The molecule has 0 aliphatic carbocycles. The number of hydrogen-bond acceptors (Lipinski definition) is 4. The number of amides is 1. The maximum Gasteiger partial charge on any atom is 0.242 e. The van der Waals surface area contributed by atoms with Crippen LogP contribution in [0.1, 0.15) is 21.4 Å². The molecule has 1 fully saturated rings. The summed E-state index contributed by atoms with van der Waals surface area (Å²) in [5, 5.41) is 2.96. The molecular weight excluding hydrogens is 327 g/mol. The summed E-state index contributed by atoms with van der Waals surface area (Å²) in [6.45, 7) is 4.85. The second-order valence-corrected chi connectivity index (χ2v) is 7.18. The monoisotopic (exact) mass is 348 g/mol. The van der Waals surface area contributed by atoms with Gasteiger partial charge in [-0.1, -0.05) is 18.2 Å². The van der Waals surface area contributed by atoms with Gasteiger partial charge < -0.3 is 10.1 Å². The number of rotatable bonds is 5. The van der Waals surface area contributed by atoms with E-state index >= 15 is 0 Å². The van der Waals surface area contributed by atoms with Crippen LogP contribution >= 0.6 is 11.3 Å². The summed E-state index contributed by atoms with van der Waals surface area (Å²) >= 11 is 1.65. The van der Waals surface area contributed by atoms with Crippen molar-refractivity contribution in [3.05, 3.63) is 57.5 Å². The first-order valence-corrected chi connectivity index (χ1v) is 8.86. The fraction of sp³-hybridized carbons (Fsp3) is 0.389. The molecule has 1 aromatic carbocycles. The highest BCUT2D eigenvalue weighted by Crippen LogP contribution is 2.25. The van der Waals surface area contributed by atoms with Gasteiger partial charge in [0.2, 0.25) is 5.91 Å². The van der Waals surface area contributed by atoms with Gasteiger partial charge in [-0.2, -0.15) is 0 Å². The van der Waals surface area contributed by atoms with E-state index in [9.17, 15) is 9.18 Å². The van der Waals surface area contributed by atoms with Crippen LogP contribution in [0.15, 0.2) is 36.4 Å². The minimum Gasteiger partial charge on any atom is -0.379 e. The Morgan fingerprint density at radius 1 is 1.29 bits per heavy atom. The molecule has 0 unspecified atom stereocenters.